The largest absolute Gasteiger partial charge is 0.373 e. The predicted molar refractivity (Wildman–Crippen MR) is 91.6 cm³/mol. The third-order valence-corrected chi connectivity index (χ3v) is 5.11. The van der Waals surface area contributed by atoms with Crippen molar-refractivity contribution in [3.63, 3.8) is 0 Å². The molecule has 2 saturated heterocycles. The zero-order valence-electron chi connectivity index (χ0n) is 14.7. The number of aryl methyl sites for hydroxylation is 2. The molecule has 3 rings (SSSR count). The number of fused-ring (bicyclic) bond motifs is 2. The Kier molecular flexibility index (Phi) is 4.90. The van der Waals surface area contributed by atoms with Crippen molar-refractivity contribution >= 4 is 5.96 Å². The Morgan fingerprint density at radius 1 is 1.35 bits per heavy atom. The van der Waals surface area contributed by atoms with E-state index < -0.39 is 0 Å². The van der Waals surface area contributed by atoms with Gasteiger partial charge in [0.05, 0.1) is 23.9 Å². The third-order valence-electron chi connectivity index (χ3n) is 5.11. The molecule has 0 aromatic carbocycles. The van der Waals surface area contributed by atoms with Crippen LogP contribution in [0.4, 0.5) is 0 Å². The second-order valence-electron chi connectivity index (χ2n) is 6.49. The number of nitrogens with one attached hydrogen (secondary N) is 2. The van der Waals surface area contributed by atoms with Gasteiger partial charge in [0.2, 0.25) is 0 Å². The number of guanidine groups is 1. The fourth-order valence-corrected chi connectivity index (χ4v) is 3.93. The molecule has 2 bridgehead atoms. The molecular formula is C17H29N5O. The predicted octanol–water partition coefficient (Wildman–Crippen LogP) is 1.53. The van der Waals surface area contributed by atoms with Gasteiger partial charge >= 0.3 is 0 Å². The molecule has 0 aliphatic carbocycles. The van der Waals surface area contributed by atoms with Gasteiger partial charge in [-0.1, -0.05) is 13.8 Å². The van der Waals surface area contributed by atoms with E-state index in [1.807, 2.05) is 18.8 Å². The second-order valence-corrected chi connectivity index (χ2v) is 6.49. The number of rotatable bonds is 5. The van der Waals surface area contributed by atoms with Gasteiger partial charge < -0.3 is 15.4 Å². The van der Waals surface area contributed by atoms with Crippen molar-refractivity contribution in [3.05, 3.63) is 17.0 Å². The van der Waals surface area contributed by atoms with Crippen LogP contribution in [0.1, 0.15) is 50.1 Å². The minimum absolute atomic E-state index is 0.356. The summed E-state index contributed by atoms with van der Waals surface area (Å²) in [6.07, 6.45) is 6.23. The molecule has 6 nitrogen and oxygen atoms in total. The lowest BCUT2D eigenvalue weighted by Gasteiger charge is -2.22. The van der Waals surface area contributed by atoms with Crippen molar-refractivity contribution in [3.8, 4) is 0 Å². The molecule has 2 aliphatic rings. The molecule has 0 saturated carbocycles. The van der Waals surface area contributed by atoms with Crippen LogP contribution in [0.2, 0.25) is 0 Å². The van der Waals surface area contributed by atoms with Crippen LogP contribution in [0, 0.1) is 0 Å². The molecule has 3 unspecified atom stereocenters. The Balaban J connectivity index is 1.62. The maximum atomic E-state index is 5.91. The second kappa shape index (κ2) is 6.91. The van der Waals surface area contributed by atoms with Crippen molar-refractivity contribution in [1.29, 1.82) is 0 Å². The topological polar surface area (TPSA) is 63.5 Å². The van der Waals surface area contributed by atoms with Crippen molar-refractivity contribution in [1.82, 2.24) is 20.4 Å². The average molecular weight is 319 g/mol. The summed E-state index contributed by atoms with van der Waals surface area (Å²) in [4.78, 5) is 4.38. The fourth-order valence-electron chi connectivity index (χ4n) is 3.93. The zero-order valence-corrected chi connectivity index (χ0v) is 14.7. The summed E-state index contributed by atoms with van der Waals surface area (Å²) < 4.78 is 7.92. The SMILES string of the molecule is CCc1nn(C)c(CC)c1CNC(=NC)NC1CC2CCC1O2. The highest BCUT2D eigenvalue weighted by molar-refractivity contribution is 5.80. The number of aromatic nitrogens is 2. The van der Waals surface area contributed by atoms with Gasteiger partial charge in [-0.05, 0) is 32.1 Å². The molecule has 2 N–H and O–H groups in total. The van der Waals surface area contributed by atoms with Crippen molar-refractivity contribution < 1.29 is 4.74 Å². The summed E-state index contributed by atoms with van der Waals surface area (Å²) in [5, 5.41) is 11.6. The van der Waals surface area contributed by atoms with Crippen LogP contribution in [0.5, 0.6) is 0 Å². The number of aliphatic imine (C=N–C) groups is 1. The maximum absolute atomic E-state index is 5.91. The Hall–Kier alpha value is -1.56. The van der Waals surface area contributed by atoms with Crippen LogP contribution < -0.4 is 10.6 Å². The monoisotopic (exact) mass is 319 g/mol. The van der Waals surface area contributed by atoms with E-state index >= 15 is 0 Å². The van der Waals surface area contributed by atoms with E-state index in [1.54, 1.807) is 0 Å². The number of ether oxygens (including phenoxy) is 1. The van der Waals surface area contributed by atoms with Crippen molar-refractivity contribution in [2.24, 2.45) is 12.0 Å². The summed E-state index contributed by atoms with van der Waals surface area (Å²) >= 11 is 0. The zero-order chi connectivity index (χ0) is 16.4. The van der Waals surface area contributed by atoms with Crippen LogP contribution in [0.15, 0.2) is 4.99 Å². The molecule has 0 amide bonds. The highest BCUT2D eigenvalue weighted by Crippen LogP contribution is 2.34. The Morgan fingerprint density at radius 3 is 2.74 bits per heavy atom. The fraction of sp³-hybridized carbons (Fsp3) is 0.765. The lowest BCUT2D eigenvalue weighted by molar-refractivity contribution is 0.0992. The Morgan fingerprint density at radius 2 is 2.17 bits per heavy atom. The molecule has 3 heterocycles. The third kappa shape index (κ3) is 3.22. The van der Waals surface area contributed by atoms with E-state index in [0.29, 0.717) is 18.2 Å². The van der Waals surface area contributed by atoms with E-state index in [9.17, 15) is 0 Å². The molecule has 2 fully saturated rings. The molecule has 6 heteroatoms. The van der Waals surface area contributed by atoms with Crippen LogP contribution >= 0.6 is 0 Å². The Labute approximate surface area is 138 Å². The average Bonchev–Trinajstić information content (AvgIpc) is 3.24. The summed E-state index contributed by atoms with van der Waals surface area (Å²) in [5.41, 5.74) is 3.79. The highest BCUT2D eigenvalue weighted by atomic mass is 16.5. The van der Waals surface area contributed by atoms with Gasteiger partial charge in [-0.3, -0.25) is 9.67 Å². The standard InChI is InChI=1S/C17H29N5O/c1-5-13-12(15(6-2)22(4)21-13)10-19-17(18-3)20-14-9-11-7-8-16(14)23-11/h11,14,16H,5-10H2,1-4H3,(H2,18,19,20). The summed E-state index contributed by atoms with van der Waals surface area (Å²) in [5.74, 6) is 0.860. The first-order valence-corrected chi connectivity index (χ1v) is 8.82. The molecule has 1 aromatic heterocycles. The minimum Gasteiger partial charge on any atom is -0.373 e. The lowest BCUT2D eigenvalue weighted by Crippen LogP contribution is -2.47. The summed E-state index contributed by atoms with van der Waals surface area (Å²) in [6, 6.07) is 0.394. The first-order valence-electron chi connectivity index (χ1n) is 8.82. The van der Waals surface area contributed by atoms with Crippen LogP contribution in [0.3, 0.4) is 0 Å². The quantitative estimate of drug-likeness (QED) is 0.638. The molecule has 128 valence electrons. The summed E-state index contributed by atoms with van der Waals surface area (Å²) in [7, 11) is 3.86. The summed E-state index contributed by atoms with van der Waals surface area (Å²) in [6.45, 7) is 5.10. The Bertz CT molecular complexity index is 580. The lowest BCUT2D eigenvalue weighted by atomic mass is 9.96. The molecular weight excluding hydrogens is 290 g/mol. The number of hydrogen-bond donors (Lipinski definition) is 2. The first kappa shape index (κ1) is 16.3. The highest BCUT2D eigenvalue weighted by Gasteiger charge is 2.41. The van der Waals surface area contributed by atoms with Gasteiger partial charge in [0.15, 0.2) is 5.96 Å². The first-order chi connectivity index (χ1) is 11.2. The van der Waals surface area contributed by atoms with Gasteiger partial charge in [-0.2, -0.15) is 5.10 Å². The molecule has 3 atom stereocenters. The van der Waals surface area contributed by atoms with E-state index in [2.05, 4.69) is 34.6 Å². The van der Waals surface area contributed by atoms with Gasteiger partial charge in [0, 0.05) is 31.9 Å². The van der Waals surface area contributed by atoms with E-state index in [0.717, 1.165) is 31.8 Å². The normalized spacial score (nSPS) is 26.8. The smallest absolute Gasteiger partial charge is 0.191 e. The van der Waals surface area contributed by atoms with Crippen molar-refractivity contribution in [2.45, 2.75) is 70.7 Å². The van der Waals surface area contributed by atoms with Crippen molar-refractivity contribution in [2.75, 3.05) is 7.05 Å². The number of hydrogen-bond acceptors (Lipinski definition) is 3. The van der Waals surface area contributed by atoms with E-state index in [-0.39, 0.29) is 0 Å². The molecule has 1 aromatic rings. The van der Waals surface area contributed by atoms with Gasteiger partial charge in [-0.15, -0.1) is 0 Å². The molecule has 23 heavy (non-hydrogen) atoms. The van der Waals surface area contributed by atoms with Crippen LogP contribution in [-0.2, 0) is 31.2 Å². The van der Waals surface area contributed by atoms with Crippen LogP contribution in [0.25, 0.3) is 0 Å². The van der Waals surface area contributed by atoms with E-state index in [1.165, 1.54) is 29.8 Å². The minimum atomic E-state index is 0.356. The molecule has 0 spiro atoms. The molecule has 0 radical (unpaired) electrons. The molecule has 2 aliphatic heterocycles. The maximum Gasteiger partial charge on any atom is 0.191 e. The van der Waals surface area contributed by atoms with Crippen LogP contribution in [-0.4, -0.2) is 41.0 Å². The number of nitrogens with zero attached hydrogens (tertiary/aromatic N) is 3. The van der Waals surface area contributed by atoms with Gasteiger partial charge in [0.1, 0.15) is 0 Å². The van der Waals surface area contributed by atoms with E-state index in [4.69, 9.17) is 4.74 Å². The van der Waals surface area contributed by atoms with Gasteiger partial charge in [-0.25, -0.2) is 0 Å². The van der Waals surface area contributed by atoms with Gasteiger partial charge in [0.25, 0.3) is 0 Å².